The van der Waals surface area contributed by atoms with Crippen LogP contribution in [-0.4, -0.2) is 51.0 Å². The highest BCUT2D eigenvalue weighted by Gasteiger charge is 2.33. The normalized spacial score (nSPS) is 26.8. The van der Waals surface area contributed by atoms with E-state index >= 15 is 0 Å². The van der Waals surface area contributed by atoms with Crippen LogP contribution in [0.5, 0.6) is 0 Å². The van der Waals surface area contributed by atoms with Crippen LogP contribution in [0.3, 0.4) is 0 Å². The molecule has 1 aromatic carbocycles. The summed E-state index contributed by atoms with van der Waals surface area (Å²) in [4.78, 5) is 12.9. The summed E-state index contributed by atoms with van der Waals surface area (Å²) in [6, 6.07) is 4.78. The number of nitrogens with one attached hydrogen (secondary N) is 1. The third-order valence-electron chi connectivity index (χ3n) is 5.94. The Morgan fingerprint density at radius 2 is 1.93 bits per heavy atom. The molecule has 6 nitrogen and oxygen atoms in total. The Balaban J connectivity index is 1.64. The summed E-state index contributed by atoms with van der Waals surface area (Å²) in [5, 5.41) is 3.53. The topological polar surface area (TPSA) is 75.7 Å². The van der Waals surface area contributed by atoms with Gasteiger partial charge in [0, 0.05) is 37.2 Å². The maximum Gasteiger partial charge on any atom is 0.243 e. The van der Waals surface area contributed by atoms with E-state index in [1.165, 1.54) is 4.31 Å². The van der Waals surface area contributed by atoms with Crippen LogP contribution in [0.2, 0.25) is 5.02 Å². The second-order valence-corrected chi connectivity index (χ2v) is 10.1. The van der Waals surface area contributed by atoms with Gasteiger partial charge in [-0.3, -0.25) is 4.79 Å². The van der Waals surface area contributed by atoms with E-state index in [2.05, 4.69) is 5.32 Å². The van der Waals surface area contributed by atoms with E-state index in [1.54, 1.807) is 32.2 Å². The minimum Gasteiger partial charge on any atom is -0.381 e. The summed E-state index contributed by atoms with van der Waals surface area (Å²) in [5.41, 5.74) is 0.560. The Hall–Kier alpha value is -1.15. The number of hydrogen-bond acceptors (Lipinski definition) is 4. The molecule has 1 aliphatic heterocycles. The van der Waals surface area contributed by atoms with Gasteiger partial charge in [0.15, 0.2) is 0 Å². The van der Waals surface area contributed by atoms with Crippen molar-refractivity contribution < 1.29 is 17.9 Å². The van der Waals surface area contributed by atoms with Gasteiger partial charge in [-0.15, -0.1) is 0 Å². The molecule has 2 aliphatic rings. The number of carbonyl (C=O) groups excluding carboxylic acids is 1. The van der Waals surface area contributed by atoms with Gasteiger partial charge in [0.1, 0.15) is 0 Å². The highest BCUT2D eigenvalue weighted by Crippen LogP contribution is 2.29. The van der Waals surface area contributed by atoms with Gasteiger partial charge >= 0.3 is 0 Å². The number of piperidine rings is 1. The summed E-state index contributed by atoms with van der Waals surface area (Å²) in [7, 11) is -1.93. The van der Waals surface area contributed by atoms with Gasteiger partial charge in [-0.25, -0.2) is 8.42 Å². The van der Waals surface area contributed by atoms with Crippen LogP contribution in [0, 0.1) is 12.8 Å². The lowest BCUT2D eigenvalue weighted by Gasteiger charge is -2.34. The molecule has 1 N–H and O–H groups in total. The summed E-state index contributed by atoms with van der Waals surface area (Å²) >= 11 is 6.11. The molecule has 0 bridgehead atoms. The predicted octanol–water partition coefficient (Wildman–Crippen LogP) is 3.12. The molecule has 0 spiro atoms. The highest BCUT2D eigenvalue weighted by atomic mass is 35.5. The largest absolute Gasteiger partial charge is 0.381 e. The first-order valence-electron chi connectivity index (χ1n) is 9.91. The Labute approximate surface area is 172 Å². The quantitative estimate of drug-likeness (QED) is 0.781. The summed E-state index contributed by atoms with van der Waals surface area (Å²) in [6.07, 6.45) is 5.20. The van der Waals surface area contributed by atoms with Crippen LogP contribution < -0.4 is 5.32 Å². The number of sulfonamides is 1. The van der Waals surface area contributed by atoms with E-state index in [9.17, 15) is 13.2 Å². The lowest BCUT2D eigenvalue weighted by atomic mass is 9.86. The second-order valence-electron chi connectivity index (χ2n) is 7.78. The Kier molecular flexibility index (Phi) is 7.02. The van der Waals surface area contributed by atoms with Gasteiger partial charge in [0.2, 0.25) is 15.9 Å². The number of amides is 1. The van der Waals surface area contributed by atoms with Crippen molar-refractivity contribution in [1.82, 2.24) is 9.62 Å². The summed E-state index contributed by atoms with van der Waals surface area (Å²) in [5.74, 6) is 0.0336. The van der Waals surface area contributed by atoms with Crippen molar-refractivity contribution in [2.24, 2.45) is 5.92 Å². The van der Waals surface area contributed by atoms with Crippen LogP contribution >= 0.6 is 11.6 Å². The van der Waals surface area contributed by atoms with Crippen LogP contribution in [-0.2, 0) is 19.6 Å². The van der Waals surface area contributed by atoms with Crippen molar-refractivity contribution in [3.63, 3.8) is 0 Å². The third kappa shape index (κ3) is 4.70. The molecule has 156 valence electrons. The van der Waals surface area contributed by atoms with Gasteiger partial charge in [-0.1, -0.05) is 17.7 Å². The lowest BCUT2D eigenvalue weighted by molar-refractivity contribution is -0.127. The zero-order chi connectivity index (χ0) is 20.3. The third-order valence-corrected chi connectivity index (χ3v) is 8.36. The second kappa shape index (κ2) is 9.11. The molecule has 0 aromatic heterocycles. The Morgan fingerprint density at radius 1 is 1.21 bits per heavy atom. The summed E-state index contributed by atoms with van der Waals surface area (Å²) in [6.45, 7) is 2.47. The molecule has 2 fully saturated rings. The molecule has 1 aliphatic carbocycles. The molecule has 8 heteroatoms. The molecule has 3 rings (SSSR count). The number of halogens is 1. The van der Waals surface area contributed by atoms with Gasteiger partial charge < -0.3 is 10.1 Å². The molecular weight excluding hydrogens is 400 g/mol. The van der Waals surface area contributed by atoms with Crippen molar-refractivity contribution in [1.29, 1.82) is 0 Å². The fraction of sp³-hybridized carbons (Fsp3) is 0.650. The molecule has 1 amide bonds. The average Bonchev–Trinajstić information content (AvgIpc) is 2.70. The van der Waals surface area contributed by atoms with Gasteiger partial charge in [0.05, 0.1) is 11.0 Å². The number of ether oxygens (including phenoxy) is 1. The molecular formula is C20H29ClN2O4S. The molecule has 28 heavy (non-hydrogen) atoms. The number of nitrogens with zero attached hydrogens (tertiary/aromatic N) is 1. The molecule has 0 radical (unpaired) electrons. The first kappa shape index (κ1) is 21.6. The van der Waals surface area contributed by atoms with Gasteiger partial charge in [0.25, 0.3) is 0 Å². The standard InChI is InChI=1S/C20H29ClN2O4S/c1-14-18(21)6-3-7-19(14)28(25,26)23-12-4-5-16(13-23)22-20(24)15-8-10-17(27-2)11-9-15/h3,6-7,15-17H,4-5,8-13H2,1-2H3,(H,22,24). The van der Waals surface area contributed by atoms with Crippen LogP contribution in [0.15, 0.2) is 23.1 Å². The highest BCUT2D eigenvalue weighted by molar-refractivity contribution is 7.89. The van der Waals surface area contributed by atoms with E-state index < -0.39 is 10.0 Å². The van der Waals surface area contributed by atoms with Crippen molar-refractivity contribution in [2.75, 3.05) is 20.2 Å². The molecule has 1 unspecified atom stereocenters. The zero-order valence-corrected chi connectivity index (χ0v) is 18.1. The zero-order valence-electron chi connectivity index (χ0n) is 16.5. The Bertz CT molecular complexity index is 806. The van der Waals surface area contributed by atoms with Crippen molar-refractivity contribution in [2.45, 2.75) is 62.5 Å². The van der Waals surface area contributed by atoms with E-state index in [4.69, 9.17) is 16.3 Å². The van der Waals surface area contributed by atoms with Crippen LogP contribution in [0.25, 0.3) is 0 Å². The minimum atomic E-state index is -3.64. The van der Waals surface area contributed by atoms with E-state index in [0.29, 0.717) is 23.7 Å². The van der Waals surface area contributed by atoms with E-state index in [0.717, 1.165) is 38.5 Å². The van der Waals surface area contributed by atoms with Crippen molar-refractivity contribution >= 4 is 27.5 Å². The number of rotatable bonds is 5. The first-order chi connectivity index (χ1) is 13.3. The smallest absolute Gasteiger partial charge is 0.243 e. The van der Waals surface area contributed by atoms with Crippen molar-refractivity contribution in [3.05, 3.63) is 28.8 Å². The monoisotopic (exact) mass is 428 g/mol. The molecule has 1 saturated carbocycles. The number of carbonyl (C=O) groups is 1. The maximum atomic E-state index is 13.1. The number of hydrogen-bond donors (Lipinski definition) is 1. The van der Waals surface area contributed by atoms with Crippen LogP contribution in [0.4, 0.5) is 0 Å². The average molecular weight is 429 g/mol. The maximum absolute atomic E-state index is 13.1. The SMILES string of the molecule is COC1CCC(C(=O)NC2CCCN(S(=O)(=O)c3cccc(Cl)c3C)C2)CC1. The fourth-order valence-corrected chi connectivity index (χ4v) is 6.17. The minimum absolute atomic E-state index is 0.00596. The number of benzene rings is 1. The number of methoxy groups -OCH3 is 1. The van der Waals surface area contributed by atoms with Gasteiger partial charge in [-0.2, -0.15) is 4.31 Å². The van der Waals surface area contributed by atoms with Crippen molar-refractivity contribution in [3.8, 4) is 0 Å². The Morgan fingerprint density at radius 3 is 2.61 bits per heavy atom. The van der Waals surface area contributed by atoms with E-state index in [1.807, 2.05) is 0 Å². The molecule has 1 saturated heterocycles. The van der Waals surface area contributed by atoms with E-state index in [-0.39, 0.29) is 28.9 Å². The fourth-order valence-electron chi connectivity index (χ4n) is 4.16. The van der Waals surface area contributed by atoms with Gasteiger partial charge in [-0.05, 0) is 63.1 Å². The lowest BCUT2D eigenvalue weighted by Crippen LogP contribution is -2.51. The first-order valence-corrected chi connectivity index (χ1v) is 11.7. The predicted molar refractivity (Wildman–Crippen MR) is 109 cm³/mol. The molecule has 1 aromatic rings. The molecule has 1 atom stereocenters. The molecule has 1 heterocycles. The summed E-state index contributed by atoms with van der Waals surface area (Å²) < 4.78 is 33.0. The van der Waals surface area contributed by atoms with Crippen LogP contribution in [0.1, 0.15) is 44.1 Å².